The molecule has 0 saturated heterocycles. The number of hydrogen-bond donors (Lipinski definition) is 0. The van der Waals surface area contributed by atoms with Gasteiger partial charge >= 0.3 is 47.8 Å². The number of esters is 8. The molecule has 12 rings (SSSR count). The van der Waals surface area contributed by atoms with Crippen molar-refractivity contribution in [2.45, 2.75) is 270 Å². The highest BCUT2D eigenvalue weighted by Crippen LogP contribution is 2.32. The largest absolute Gasteiger partial charge is 0.497 e. The van der Waals surface area contributed by atoms with Crippen molar-refractivity contribution in [1.82, 2.24) is 0 Å². The Balaban J connectivity index is 0.000000296. The second kappa shape index (κ2) is 51.5. The van der Waals surface area contributed by atoms with E-state index in [4.69, 9.17) is 56.8 Å². The van der Waals surface area contributed by atoms with Crippen molar-refractivity contribution in [3.05, 3.63) is 261 Å². The quantitative estimate of drug-likeness (QED) is 0.0206. The smallest absolute Gasteiger partial charge is 0.338 e. The second-order valence-electron chi connectivity index (χ2n) is 31.4. The zero-order valence-electron chi connectivity index (χ0n) is 72.5. The number of rotatable bonds is 34. The first-order valence-corrected chi connectivity index (χ1v) is 44.1. The summed E-state index contributed by atoms with van der Waals surface area (Å²) in [5, 5.41) is 0. The fourth-order valence-corrected chi connectivity index (χ4v) is 14.5. The monoisotopic (exact) mass is 1680 g/mol. The van der Waals surface area contributed by atoms with Gasteiger partial charge in [0, 0.05) is 5.71 Å². The van der Waals surface area contributed by atoms with Crippen LogP contribution in [0.1, 0.15) is 306 Å². The highest BCUT2D eigenvalue weighted by molar-refractivity contribution is 5.93. The lowest BCUT2D eigenvalue weighted by Crippen LogP contribution is -2.29. The van der Waals surface area contributed by atoms with Crippen LogP contribution in [0.25, 0.3) is 0 Å². The van der Waals surface area contributed by atoms with Crippen LogP contribution in [0.4, 0.5) is 0 Å². The third-order valence-electron chi connectivity index (χ3n) is 22.3. The van der Waals surface area contributed by atoms with Gasteiger partial charge in [-0.1, -0.05) is 116 Å². The van der Waals surface area contributed by atoms with Crippen LogP contribution >= 0.6 is 0 Å². The Kier molecular flexibility index (Phi) is 39.9. The average molecular weight is 1680 g/mol. The molecule has 20 nitrogen and oxygen atoms in total. The van der Waals surface area contributed by atoms with Gasteiger partial charge in [-0.15, -0.1) is 0 Å². The first-order valence-electron chi connectivity index (χ1n) is 44.1. The molecule has 0 N–H and O–H groups in total. The van der Waals surface area contributed by atoms with Crippen LogP contribution in [0.15, 0.2) is 194 Å². The minimum absolute atomic E-state index is 0. The first kappa shape index (κ1) is 94.6. The minimum Gasteiger partial charge on any atom is -0.497 e. The maximum absolute atomic E-state index is 12.5. The summed E-state index contributed by atoms with van der Waals surface area (Å²) >= 11 is 0. The van der Waals surface area contributed by atoms with Crippen LogP contribution in [0.3, 0.4) is 0 Å². The first-order chi connectivity index (χ1) is 59.3. The van der Waals surface area contributed by atoms with Crippen LogP contribution in [-0.2, 0) is 63.6 Å². The Morgan fingerprint density at radius 3 is 0.557 bits per heavy atom. The third-order valence-corrected chi connectivity index (χ3v) is 22.3. The topological polar surface area (TPSA) is 247 Å². The van der Waals surface area contributed by atoms with Gasteiger partial charge in [0.15, 0.2) is 0 Å². The molecule has 4 fully saturated rings. The fraction of sp³-hybridized carbons (Fsp3) is 0.451. The molecule has 660 valence electrons. The van der Waals surface area contributed by atoms with Crippen LogP contribution in [0, 0.1) is 0 Å². The molecule has 20 heteroatoms. The van der Waals surface area contributed by atoms with E-state index in [-0.39, 0.29) is 102 Å². The maximum atomic E-state index is 12.5. The van der Waals surface area contributed by atoms with E-state index in [0.717, 1.165) is 88.5 Å². The van der Waals surface area contributed by atoms with Gasteiger partial charge in [-0.25, -0.2) is 38.4 Å². The zero-order chi connectivity index (χ0) is 86.8. The molecule has 122 heavy (non-hydrogen) atoms. The molecule has 8 aromatic rings. The summed E-state index contributed by atoms with van der Waals surface area (Å²) in [5.74, 6) is 0.444. The zero-order valence-corrected chi connectivity index (χ0v) is 72.5. The molecular formula is C102H132O20. The molecule has 4 saturated carbocycles. The van der Waals surface area contributed by atoms with E-state index in [1.807, 2.05) is 97.1 Å². The third kappa shape index (κ3) is 31.9. The van der Waals surface area contributed by atoms with Gasteiger partial charge in [-0.2, -0.15) is 0 Å². The van der Waals surface area contributed by atoms with Crippen LogP contribution < -0.4 is 18.9 Å². The summed E-state index contributed by atoms with van der Waals surface area (Å²) < 4.78 is 66.6. The number of methoxy groups -OCH3 is 2. The standard InChI is InChI=1S/C28H36O6.C28H36O4.C24H28O4.C22H24O6.4H2/c1-3-5-19-31-23-11-7-21(8-12-23)27(29)33-25-15-17-26(18-16-25)34-28(30)22-9-13-24(14-10-22)32-20-6-4-2;1-3-5-7-21-9-13-23(14-10-21)27(29)31-25-17-19-26(20-18-25)32-28(30)24-15-11-22(12-16-24)8-6-4-2;1-3-17-5-9-19(10-6-17)23(25)27-21-13-15-22(16-14-21)28-24(26)20-11-7-18(4-2)8-12-20;1-25-17-7-3-15(4-8-17)21(23)27-19-11-13-20(14-12-19)28-22(24)16-5-9-18(26-2)10-6-16;;;;/h7-14,25-26H,3-6,15-20H2,1-2H3;9-16,25-26H,3-8,17-20H2,1-2H3;5-12,21-22H,3-4,13-16H2,1-2H3;3-10,19-20H,11-14H2,1-2H3;4*1H. The number of unbranched alkanes of at least 4 members (excludes halogenated alkanes) is 4. The second-order valence-corrected chi connectivity index (χ2v) is 31.4. The van der Waals surface area contributed by atoms with Crippen molar-refractivity contribution >= 4 is 47.8 Å². The van der Waals surface area contributed by atoms with E-state index in [9.17, 15) is 38.4 Å². The number of carbonyl (C=O) groups excluding carboxylic acids is 8. The van der Waals surface area contributed by atoms with Crippen molar-refractivity contribution in [2.75, 3.05) is 27.4 Å². The molecule has 0 atom stereocenters. The normalized spacial score (nSPS) is 18.4. The maximum Gasteiger partial charge on any atom is 0.338 e. The van der Waals surface area contributed by atoms with Gasteiger partial charge in [0.1, 0.15) is 71.8 Å². The minimum atomic E-state index is -0.346. The van der Waals surface area contributed by atoms with Crippen molar-refractivity contribution < 1.29 is 101 Å². The highest BCUT2D eigenvalue weighted by Gasteiger charge is 2.32. The van der Waals surface area contributed by atoms with Gasteiger partial charge in [0.25, 0.3) is 0 Å². The van der Waals surface area contributed by atoms with Crippen LogP contribution in [0.2, 0.25) is 0 Å². The number of ether oxygens (including phenoxy) is 12. The van der Waals surface area contributed by atoms with Crippen molar-refractivity contribution in [3.8, 4) is 23.0 Å². The van der Waals surface area contributed by atoms with E-state index in [1.54, 1.807) is 111 Å². The summed E-state index contributed by atoms with van der Waals surface area (Å²) in [4.78, 5) is 99.0. The van der Waals surface area contributed by atoms with Crippen LogP contribution in [0.5, 0.6) is 23.0 Å². The molecule has 0 amide bonds. The lowest BCUT2D eigenvalue weighted by Gasteiger charge is -2.28. The summed E-state index contributed by atoms with van der Waals surface area (Å²) in [6.07, 6.45) is 22.7. The van der Waals surface area contributed by atoms with Crippen molar-refractivity contribution in [1.29, 1.82) is 0 Å². The molecule has 4 aliphatic carbocycles. The summed E-state index contributed by atoms with van der Waals surface area (Å²) in [5.41, 5.74) is 9.28. The lowest BCUT2D eigenvalue weighted by molar-refractivity contribution is -0.0108. The Labute approximate surface area is 726 Å². The van der Waals surface area contributed by atoms with E-state index in [1.165, 1.54) is 22.3 Å². The van der Waals surface area contributed by atoms with E-state index in [0.29, 0.717) is 172 Å². The predicted molar refractivity (Wildman–Crippen MR) is 477 cm³/mol. The lowest BCUT2D eigenvalue weighted by atomic mass is 9.94. The molecule has 0 unspecified atom stereocenters. The molecule has 0 aliphatic heterocycles. The molecule has 0 aromatic heterocycles. The molecular weight excluding hydrogens is 1550 g/mol. The van der Waals surface area contributed by atoms with Gasteiger partial charge < -0.3 is 56.8 Å². The van der Waals surface area contributed by atoms with Gasteiger partial charge in [-0.3, -0.25) is 0 Å². The SMILES string of the molecule is CCCCOc1ccc(C(=O)OC2CCC(OC(=O)c3ccc(OCCCC)cc3)CC2)cc1.CCCCc1ccc(C(=O)OC2CCC(OC(=O)c3ccc(CCCC)cc3)CC2)cc1.CCc1ccc(C(=O)OC2CCC(OC(=O)c3ccc(CC)cc3)CC2)cc1.COc1ccc(C(=O)OC2CCC(OC(=O)c3ccc(OC)cc3)CC2)cc1.[HH].[HH].[HH].[HH]. The molecule has 0 bridgehead atoms. The Hall–Kier alpha value is -11.3. The van der Waals surface area contributed by atoms with Crippen molar-refractivity contribution in [2.24, 2.45) is 0 Å². The van der Waals surface area contributed by atoms with E-state index < -0.39 is 0 Å². The van der Waals surface area contributed by atoms with Crippen molar-refractivity contribution in [3.63, 3.8) is 0 Å². The van der Waals surface area contributed by atoms with Gasteiger partial charge in [0.05, 0.1) is 71.9 Å². The fourth-order valence-electron chi connectivity index (χ4n) is 14.5. The average Bonchev–Trinajstić information content (AvgIpc) is 0.862. The molecule has 0 heterocycles. The summed E-state index contributed by atoms with van der Waals surface area (Å²) in [7, 11) is 3.15. The predicted octanol–water partition coefficient (Wildman–Crippen LogP) is 23.2. The summed E-state index contributed by atoms with van der Waals surface area (Å²) in [6.45, 7) is 14.1. The Morgan fingerprint density at radius 2 is 0.393 bits per heavy atom. The molecule has 0 radical (unpaired) electrons. The number of aryl methyl sites for hydroxylation is 4. The Bertz CT molecular complexity index is 4050. The molecule has 0 spiro atoms. The number of carbonyl (C=O) groups is 8. The van der Waals surface area contributed by atoms with Crippen LogP contribution in [-0.4, -0.2) is 124 Å². The highest BCUT2D eigenvalue weighted by atomic mass is 16.6. The summed E-state index contributed by atoms with van der Waals surface area (Å²) in [6, 6.07) is 58.4. The number of hydrogen-bond acceptors (Lipinski definition) is 20. The van der Waals surface area contributed by atoms with Gasteiger partial charge in [0.2, 0.25) is 0 Å². The molecule has 8 aromatic carbocycles. The van der Waals surface area contributed by atoms with E-state index in [2.05, 4.69) is 41.5 Å². The number of benzene rings is 8. The molecule has 4 aliphatic rings. The van der Waals surface area contributed by atoms with E-state index >= 15 is 0 Å². The Morgan fingerprint density at radius 1 is 0.230 bits per heavy atom. The van der Waals surface area contributed by atoms with Gasteiger partial charge in [-0.05, 0) is 322 Å².